The number of aliphatic imine (C=N–C) groups is 1. The number of hydrogen-bond acceptors (Lipinski definition) is 5. The largest absolute Gasteiger partial charge is 0.506 e. The van der Waals surface area contributed by atoms with Crippen molar-refractivity contribution in [2.45, 2.75) is 13.3 Å². The third-order valence-electron chi connectivity index (χ3n) is 4.16. The van der Waals surface area contributed by atoms with Crippen molar-refractivity contribution >= 4 is 22.8 Å². The van der Waals surface area contributed by atoms with E-state index in [-0.39, 0.29) is 28.9 Å². The molecule has 0 aliphatic rings. The Morgan fingerprint density at radius 3 is 2.27 bits per heavy atom. The highest BCUT2D eigenvalue weighted by molar-refractivity contribution is 6.03. The lowest BCUT2D eigenvalue weighted by Crippen LogP contribution is -1.98. The minimum atomic E-state index is -0.173. The van der Waals surface area contributed by atoms with Gasteiger partial charge in [-0.15, -0.1) is 0 Å². The third kappa shape index (κ3) is 3.21. The smallest absolute Gasteiger partial charge is 0.222 e. The summed E-state index contributed by atoms with van der Waals surface area (Å²) in [6.45, 7) is 1.97. The van der Waals surface area contributed by atoms with Crippen molar-refractivity contribution < 1.29 is 15.3 Å². The highest BCUT2D eigenvalue weighted by atomic mass is 16.3. The molecule has 1 heterocycles. The van der Waals surface area contributed by atoms with Gasteiger partial charge in [-0.05, 0) is 24.1 Å². The Hall–Kier alpha value is -3.41. The lowest BCUT2D eigenvalue weighted by molar-refractivity contribution is 0.388. The third-order valence-corrected chi connectivity index (χ3v) is 4.16. The maximum atomic E-state index is 10.4. The molecule has 2 aromatic carbocycles. The van der Waals surface area contributed by atoms with E-state index in [0.717, 1.165) is 11.3 Å². The number of aromatic nitrogens is 1. The Morgan fingerprint density at radius 1 is 0.962 bits per heavy atom. The molecule has 0 radical (unpaired) electrons. The summed E-state index contributed by atoms with van der Waals surface area (Å²) in [7, 11) is 1.54. The number of para-hydroxylation sites is 2. The van der Waals surface area contributed by atoms with Crippen LogP contribution in [-0.4, -0.2) is 25.6 Å². The molecule has 3 aromatic rings. The SMILES string of the molecule is CCC(=Nc1c(Nc2ccccc2O)c(O)n(C)c1O)c1ccccc1. The fourth-order valence-electron chi connectivity index (χ4n) is 2.69. The van der Waals surface area contributed by atoms with Crippen LogP contribution in [0.4, 0.5) is 17.1 Å². The first kappa shape index (κ1) is 17.4. The average molecular weight is 351 g/mol. The van der Waals surface area contributed by atoms with Crippen molar-refractivity contribution in [2.75, 3.05) is 5.32 Å². The van der Waals surface area contributed by atoms with E-state index < -0.39 is 0 Å². The molecular formula is C20H21N3O3. The van der Waals surface area contributed by atoms with Gasteiger partial charge in [0.15, 0.2) is 5.69 Å². The van der Waals surface area contributed by atoms with E-state index in [1.54, 1.807) is 18.2 Å². The van der Waals surface area contributed by atoms with Gasteiger partial charge in [0.25, 0.3) is 0 Å². The first-order valence-electron chi connectivity index (χ1n) is 8.31. The van der Waals surface area contributed by atoms with Crippen LogP contribution in [0, 0.1) is 0 Å². The number of nitrogens with one attached hydrogen (secondary N) is 1. The van der Waals surface area contributed by atoms with E-state index in [2.05, 4.69) is 10.3 Å². The van der Waals surface area contributed by atoms with Crippen molar-refractivity contribution in [1.29, 1.82) is 0 Å². The van der Waals surface area contributed by atoms with Gasteiger partial charge in [-0.25, -0.2) is 4.99 Å². The Balaban J connectivity index is 2.11. The molecule has 0 aliphatic heterocycles. The van der Waals surface area contributed by atoms with Crippen LogP contribution in [0.5, 0.6) is 17.5 Å². The molecular weight excluding hydrogens is 330 g/mol. The summed E-state index contributed by atoms with van der Waals surface area (Å²) >= 11 is 0. The van der Waals surface area contributed by atoms with Crippen LogP contribution < -0.4 is 5.32 Å². The topological polar surface area (TPSA) is 90.0 Å². The molecule has 6 heteroatoms. The number of hydrogen-bond donors (Lipinski definition) is 4. The van der Waals surface area contributed by atoms with Crippen LogP contribution in [-0.2, 0) is 7.05 Å². The molecule has 134 valence electrons. The van der Waals surface area contributed by atoms with Crippen LogP contribution in [0.15, 0.2) is 59.6 Å². The van der Waals surface area contributed by atoms with E-state index >= 15 is 0 Å². The van der Waals surface area contributed by atoms with Crippen LogP contribution in [0.25, 0.3) is 0 Å². The Kier molecular flexibility index (Phi) is 4.84. The fourth-order valence-corrected chi connectivity index (χ4v) is 2.69. The lowest BCUT2D eigenvalue weighted by atomic mass is 10.1. The van der Waals surface area contributed by atoms with Gasteiger partial charge >= 0.3 is 0 Å². The minimum absolute atomic E-state index is 0.0314. The Morgan fingerprint density at radius 2 is 1.62 bits per heavy atom. The van der Waals surface area contributed by atoms with E-state index in [0.29, 0.717) is 12.1 Å². The zero-order valence-electron chi connectivity index (χ0n) is 14.6. The monoisotopic (exact) mass is 351 g/mol. The van der Waals surface area contributed by atoms with Crippen molar-refractivity contribution in [1.82, 2.24) is 4.57 Å². The molecule has 26 heavy (non-hydrogen) atoms. The standard InChI is InChI=1S/C20H21N3O3/c1-3-14(13-9-5-4-6-10-13)21-17-18(20(26)23(2)19(17)25)22-15-11-7-8-12-16(15)24/h4-12,22,24-26H,3H2,1-2H3. The maximum Gasteiger partial charge on any atom is 0.222 e. The van der Waals surface area contributed by atoms with Gasteiger partial charge in [-0.1, -0.05) is 49.4 Å². The molecule has 0 saturated heterocycles. The van der Waals surface area contributed by atoms with Gasteiger partial charge < -0.3 is 20.6 Å². The summed E-state index contributed by atoms with van der Waals surface area (Å²) < 4.78 is 1.24. The quantitative estimate of drug-likeness (QED) is 0.405. The van der Waals surface area contributed by atoms with Gasteiger partial charge in [0.1, 0.15) is 11.4 Å². The summed E-state index contributed by atoms with van der Waals surface area (Å²) in [6, 6.07) is 16.3. The summed E-state index contributed by atoms with van der Waals surface area (Å²) in [5, 5.41) is 33.8. The highest BCUT2D eigenvalue weighted by Crippen LogP contribution is 2.46. The summed E-state index contributed by atoms with van der Waals surface area (Å²) in [5.74, 6) is -0.306. The van der Waals surface area contributed by atoms with Crippen LogP contribution >= 0.6 is 0 Å². The first-order chi connectivity index (χ1) is 12.5. The summed E-state index contributed by atoms with van der Waals surface area (Å²) in [4.78, 5) is 4.60. The summed E-state index contributed by atoms with van der Waals surface area (Å²) in [5.41, 5.74) is 2.56. The molecule has 3 rings (SSSR count). The first-order valence-corrected chi connectivity index (χ1v) is 8.31. The molecule has 1 aromatic heterocycles. The van der Waals surface area contributed by atoms with E-state index in [4.69, 9.17) is 0 Å². The Bertz CT molecular complexity index is 946. The second-order valence-corrected chi connectivity index (χ2v) is 5.85. The van der Waals surface area contributed by atoms with Gasteiger partial charge in [-0.3, -0.25) is 4.57 Å². The normalized spacial score (nSPS) is 11.5. The molecule has 0 amide bonds. The maximum absolute atomic E-state index is 10.4. The number of nitrogens with zero attached hydrogens (tertiary/aromatic N) is 2. The second kappa shape index (κ2) is 7.23. The average Bonchev–Trinajstić information content (AvgIpc) is 2.86. The van der Waals surface area contributed by atoms with E-state index in [9.17, 15) is 15.3 Å². The number of rotatable bonds is 5. The molecule has 0 unspecified atom stereocenters. The molecule has 0 saturated carbocycles. The number of aromatic hydroxyl groups is 3. The molecule has 0 spiro atoms. The van der Waals surface area contributed by atoms with E-state index in [1.165, 1.54) is 17.7 Å². The molecule has 0 fully saturated rings. The zero-order chi connectivity index (χ0) is 18.7. The minimum Gasteiger partial charge on any atom is -0.506 e. The van der Waals surface area contributed by atoms with Crippen molar-refractivity contribution in [2.24, 2.45) is 12.0 Å². The van der Waals surface area contributed by atoms with Crippen LogP contribution in [0.1, 0.15) is 18.9 Å². The molecule has 0 bridgehead atoms. The fraction of sp³-hybridized carbons (Fsp3) is 0.150. The van der Waals surface area contributed by atoms with Gasteiger partial charge in [-0.2, -0.15) is 0 Å². The zero-order valence-corrected chi connectivity index (χ0v) is 14.6. The van der Waals surface area contributed by atoms with Crippen molar-refractivity contribution in [3.05, 3.63) is 60.2 Å². The van der Waals surface area contributed by atoms with Gasteiger partial charge in [0.2, 0.25) is 11.8 Å². The lowest BCUT2D eigenvalue weighted by Gasteiger charge is -2.09. The van der Waals surface area contributed by atoms with Crippen molar-refractivity contribution in [3.63, 3.8) is 0 Å². The molecule has 4 N–H and O–H groups in total. The molecule has 0 atom stereocenters. The molecule has 0 aliphatic carbocycles. The second-order valence-electron chi connectivity index (χ2n) is 5.85. The summed E-state index contributed by atoms with van der Waals surface area (Å²) in [6.07, 6.45) is 0.648. The highest BCUT2D eigenvalue weighted by Gasteiger charge is 2.22. The van der Waals surface area contributed by atoms with Gasteiger partial charge in [0.05, 0.1) is 5.69 Å². The molecule has 6 nitrogen and oxygen atoms in total. The predicted molar refractivity (Wildman–Crippen MR) is 103 cm³/mol. The van der Waals surface area contributed by atoms with Crippen molar-refractivity contribution in [3.8, 4) is 17.5 Å². The van der Waals surface area contributed by atoms with E-state index in [1.807, 2.05) is 37.3 Å². The number of benzene rings is 2. The Labute approximate surface area is 151 Å². The van der Waals surface area contributed by atoms with Crippen LogP contribution in [0.2, 0.25) is 0 Å². The number of anilines is 2. The van der Waals surface area contributed by atoms with Crippen LogP contribution in [0.3, 0.4) is 0 Å². The van der Waals surface area contributed by atoms with Gasteiger partial charge in [0, 0.05) is 12.8 Å². The predicted octanol–water partition coefficient (Wildman–Crippen LogP) is 4.42. The number of phenolic OH excluding ortho intramolecular Hbond substituents is 1. The number of phenols is 1.